The number of benzene rings is 2. The van der Waals surface area contributed by atoms with Crippen molar-refractivity contribution in [3.05, 3.63) is 65.2 Å². The molecule has 1 saturated carbocycles. The van der Waals surface area contributed by atoms with Gasteiger partial charge in [-0.2, -0.15) is 9.57 Å². The molecule has 2 aromatic carbocycles. The van der Waals surface area contributed by atoms with E-state index in [2.05, 4.69) is 36.5 Å². The molecule has 2 fully saturated rings. The zero-order chi connectivity index (χ0) is 24.2. The van der Waals surface area contributed by atoms with Gasteiger partial charge in [-0.15, -0.1) is 0 Å². The Morgan fingerprint density at radius 3 is 2.38 bits per heavy atom. The Hall–Kier alpha value is -2.69. The van der Waals surface area contributed by atoms with Crippen LogP contribution in [0, 0.1) is 24.2 Å². The number of aryl methyl sites for hydroxylation is 1. The molecule has 1 heterocycles. The van der Waals surface area contributed by atoms with Crippen LogP contribution in [0.3, 0.4) is 0 Å². The molecule has 1 N–H and O–H groups in total. The molecule has 1 aliphatic carbocycles. The van der Waals surface area contributed by atoms with E-state index in [-0.39, 0.29) is 22.1 Å². The number of hydrogen-bond acceptors (Lipinski definition) is 4. The van der Waals surface area contributed by atoms with Crippen molar-refractivity contribution in [2.24, 2.45) is 5.92 Å². The summed E-state index contributed by atoms with van der Waals surface area (Å²) >= 11 is 0. The first kappa shape index (κ1) is 24.4. The summed E-state index contributed by atoms with van der Waals surface area (Å²) in [4.78, 5) is 13.3. The minimum absolute atomic E-state index is 0.0143. The summed E-state index contributed by atoms with van der Waals surface area (Å²) in [5.74, 6) is -0.140. The van der Waals surface area contributed by atoms with E-state index in [1.807, 2.05) is 6.07 Å². The fourth-order valence-corrected chi connectivity index (χ4v) is 6.85. The number of carbonyl (C=O) groups excluding carboxylic acids is 1. The molecule has 1 aliphatic heterocycles. The van der Waals surface area contributed by atoms with Crippen molar-refractivity contribution in [3.63, 3.8) is 0 Å². The Balaban J connectivity index is 1.37. The lowest BCUT2D eigenvalue weighted by molar-refractivity contribution is -0.126. The zero-order valence-electron chi connectivity index (χ0n) is 19.8. The molecule has 0 aromatic heterocycles. The first-order chi connectivity index (χ1) is 16.3. The predicted octanol–water partition coefficient (Wildman–Crippen LogP) is 4.29. The summed E-state index contributed by atoms with van der Waals surface area (Å²) in [5.41, 5.74) is 2.97. The molecule has 2 aromatic rings. The smallest absolute Gasteiger partial charge is 0.243 e. The lowest BCUT2D eigenvalue weighted by Crippen LogP contribution is -2.47. The van der Waals surface area contributed by atoms with Gasteiger partial charge in [0.15, 0.2) is 0 Å². The van der Waals surface area contributed by atoms with Crippen LogP contribution in [-0.2, 0) is 20.2 Å². The predicted molar refractivity (Wildman–Crippen MR) is 132 cm³/mol. The first-order valence-electron chi connectivity index (χ1n) is 12.2. The molecule has 4 rings (SSSR count). The lowest BCUT2D eigenvalue weighted by atomic mass is 9.69. The maximum absolute atomic E-state index is 13.1. The van der Waals surface area contributed by atoms with Gasteiger partial charge in [0.25, 0.3) is 0 Å². The molecule has 0 unspecified atom stereocenters. The highest BCUT2D eigenvalue weighted by Crippen LogP contribution is 2.39. The summed E-state index contributed by atoms with van der Waals surface area (Å²) in [5, 5.41) is 12.2. The van der Waals surface area contributed by atoms with Crippen LogP contribution in [0.1, 0.15) is 61.6 Å². The summed E-state index contributed by atoms with van der Waals surface area (Å²) in [6.45, 7) is 3.39. The second kappa shape index (κ2) is 10.3. The Morgan fingerprint density at radius 1 is 1.09 bits per heavy atom. The third-order valence-electron chi connectivity index (χ3n) is 7.49. The van der Waals surface area contributed by atoms with Crippen molar-refractivity contribution < 1.29 is 13.2 Å². The van der Waals surface area contributed by atoms with Crippen molar-refractivity contribution in [1.82, 2.24) is 9.62 Å². The van der Waals surface area contributed by atoms with Gasteiger partial charge >= 0.3 is 0 Å². The van der Waals surface area contributed by atoms with E-state index in [9.17, 15) is 13.2 Å². The number of amides is 1. The molecule has 34 heavy (non-hydrogen) atoms. The Bertz CT molecular complexity index is 1150. The summed E-state index contributed by atoms with van der Waals surface area (Å²) < 4.78 is 27.4. The largest absolute Gasteiger partial charge is 0.355 e. The van der Waals surface area contributed by atoms with Crippen LogP contribution in [0.25, 0.3) is 0 Å². The van der Waals surface area contributed by atoms with E-state index in [1.54, 1.807) is 0 Å². The van der Waals surface area contributed by atoms with E-state index in [1.165, 1.54) is 59.0 Å². The molecule has 7 heteroatoms. The third-order valence-corrected chi connectivity index (χ3v) is 9.40. The SMILES string of the molecule is Cc1cccc(C2(CNC(=O)C3CCN(S(=O)(=O)c4ccc(C#N)cc4)CC3)CCCCC2)c1. The Labute approximate surface area is 203 Å². The van der Waals surface area contributed by atoms with Gasteiger partial charge < -0.3 is 5.32 Å². The molecule has 0 atom stereocenters. The molecular formula is C27H33N3O3S. The second-order valence-electron chi connectivity index (χ2n) is 9.74. The number of hydrogen-bond donors (Lipinski definition) is 1. The van der Waals surface area contributed by atoms with Crippen molar-refractivity contribution in [2.75, 3.05) is 19.6 Å². The Morgan fingerprint density at radius 2 is 1.76 bits per heavy atom. The van der Waals surface area contributed by atoms with E-state index < -0.39 is 10.0 Å². The summed E-state index contributed by atoms with van der Waals surface area (Å²) in [7, 11) is -3.62. The molecule has 1 amide bonds. The number of nitrogens with zero attached hydrogens (tertiary/aromatic N) is 2. The minimum atomic E-state index is -3.62. The van der Waals surface area contributed by atoms with Crippen LogP contribution < -0.4 is 5.32 Å². The van der Waals surface area contributed by atoms with Gasteiger partial charge in [0, 0.05) is 31.0 Å². The van der Waals surface area contributed by atoms with Crippen LogP contribution in [0.5, 0.6) is 0 Å². The van der Waals surface area contributed by atoms with E-state index >= 15 is 0 Å². The molecular weight excluding hydrogens is 446 g/mol. The Kier molecular flexibility index (Phi) is 7.39. The van der Waals surface area contributed by atoms with Crippen LogP contribution in [0.4, 0.5) is 0 Å². The van der Waals surface area contributed by atoms with Crippen molar-refractivity contribution >= 4 is 15.9 Å². The number of rotatable bonds is 6. The molecule has 0 bridgehead atoms. The molecule has 1 saturated heterocycles. The standard InChI is InChI=1S/C27H33N3O3S/c1-21-6-5-7-24(18-21)27(14-3-2-4-15-27)20-29-26(31)23-12-16-30(17-13-23)34(32,33)25-10-8-22(19-28)9-11-25/h5-11,18,23H,2-4,12-17,20H2,1H3,(H,29,31). The van der Waals surface area contributed by atoms with E-state index in [0.29, 0.717) is 38.0 Å². The van der Waals surface area contributed by atoms with Crippen LogP contribution in [0.2, 0.25) is 0 Å². The van der Waals surface area contributed by atoms with Gasteiger partial charge in [-0.25, -0.2) is 8.42 Å². The maximum atomic E-state index is 13.1. The normalized spacial score (nSPS) is 19.3. The van der Waals surface area contributed by atoms with Crippen molar-refractivity contribution in [3.8, 4) is 6.07 Å². The van der Waals surface area contributed by atoms with Gasteiger partial charge in [0.05, 0.1) is 16.5 Å². The van der Waals surface area contributed by atoms with Gasteiger partial charge in [-0.3, -0.25) is 4.79 Å². The highest BCUT2D eigenvalue weighted by molar-refractivity contribution is 7.89. The third kappa shape index (κ3) is 5.18. The van der Waals surface area contributed by atoms with Crippen LogP contribution in [-0.4, -0.2) is 38.3 Å². The average molecular weight is 480 g/mol. The second-order valence-corrected chi connectivity index (χ2v) is 11.7. The minimum Gasteiger partial charge on any atom is -0.355 e. The lowest BCUT2D eigenvalue weighted by Gasteiger charge is -2.39. The summed E-state index contributed by atoms with van der Waals surface area (Å²) in [6, 6.07) is 16.6. The monoisotopic (exact) mass is 479 g/mol. The number of sulfonamides is 1. The molecule has 2 aliphatic rings. The van der Waals surface area contributed by atoms with E-state index in [4.69, 9.17) is 5.26 Å². The number of nitriles is 1. The molecule has 180 valence electrons. The molecule has 6 nitrogen and oxygen atoms in total. The van der Waals surface area contributed by atoms with E-state index in [0.717, 1.165) is 12.8 Å². The van der Waals surface area contributed by atoms with Gasteiger partial charge in [0.2, 0.25) is 15.9 Å². The highest BCUT2D eigenvalue weighted by Gasteiger charge is 2.36. The first-order valence-corrected chi connectivity index (χ1v) is 13.6. The quantitative estimate of drug-likeness (QED) is 0.669. The maximum Gasteiger partial charge on any atom is 0.243 e. The highest BCUT2D eigenvalue weighted by atomic mass is 32.2. The van der Waals surface area contributed by atoms with Gasteiger partial charge in [-0.05, 0) is 62.4 Å². The van der Waals surface area contributed by atoms with Gasteiger partial charge in [-0.1, -0.05) is 49.1 Å². The van der Waals surface area contributed by atoms with Gasteiger partial charge in [0.1, 0.15) is 0 Å². The van der Waals surface area contributed by atoms with Crippen LogP contribution >= 0.6 is 0 Å². The molecule has 0 spiro atoms. The number of carbonyl (C=O) groups is 1. The topological polar surface area (TPSA) is 90.3 Å². The fraction of sp³-hybridized carbons (Fsp3) is 0.481. The summed E-state index contributed by atoms with van der Waals surface area (Å²) in [6.07, 6.45) is 6.78. The fourth-order valence-electron chi connectivity index (χ4n) is 5.38. The van der Waals surface area contributed by atoms with Crippen LogP contribution in [0.15, 0.2) is 53.4 Å². The average Bonchev–Trinajstić information content (AvgIpc) is 2.88. The van der Waals surface area contributed by atoms with Crippen molar-refractivity contribution in [1.29, 1.82) is 5.26 Å². The number of piperidine rings is 1. The zero-order valence-corrected chi connectivity index (χ0v) is 20.6. The molecule has 0 radical (unpaired) electrons. The van der Waals surface area contributed by atoms with Crippen molar-refractivity contribution in [2.45, 2.75) is 62.2 Å². The number of nitrogens with one attached hydrogen (secondary N) is 1.